The van der Waals surface area contributed by atoms with Crippen LogP contribution in [0.2, 0.25) is 0 Å². The third kappa shape index (κ3) is 3.31. The summed E-state index contributed by atoms with van der Waals surface area (Å²) in [5, 5.41) is 7.49. The summed E-state index contributed by atoms with van der Waals surface area (Å²) in [6.07, 6.45) is 0. The third-order valence-corrected chi connectivity index (χ3v) is 4.23. The Hall–Kier alpha value is -1.55. The molecule has 108 valence electrons. The van der Waals surface area contributed by atoms with Gasteiger partial charge in [-0.25, -0.2) is 4.39 Å². The number of rotatable bonds is 5. The van der Waals surface area contributed by atoms with Crippen LogP contribution in [0, 0.1) is 5.82 Å². The molecular formula is C16H21FN2S. The Morgan fingerprint density at radius 3 is 2.50 bits per heavy atom. The van der Waals surface area contributed by atoms with E-state index in [0.29, 0.717) is 5.69 Å². The van der Waals surface area contributed by atoms with Gasteiger partial charge in [-0.1, -0.05) is 0 Å². The van der Waals surface area contributed by atoms with Crippen LogP contribution >= 0.6 is 11.3 Å². The number of nitrogens with one attached hydrogen (secondary N) is 1. The largest absolute Gasteiger partial charge is 0.378 e. The maximum Gasteiger partial charge on any atom is 0.148 e. The molecule has 20 heavy (non-hydrogen) atoms. The molecule has 1 N–H and O–H groups in total. The van der Waals surface area contributed by atoms with Crippen molar-refractivity contribution < 1.29 is 4.39 Å². The summed E-state index contributed by atoms with van der Waals surface area (Å²) in [4.78, 5) is 1.93. The monoisotopic (exact) mass is 292 g/mol. The van der Waals surface area contributed by atoms with Crippen molar-refractivity contribution in [3.05, 3.63) is 46.4 Å². The second-order valence-corrected chi connectivity index (χ2v) is 6.07. The van der Waals surface area contributed by atoms with Crippen LogP contribution in [0.1, 0.15) is 32.4 Å². The van der Waals surface area contributed by atoms with E-state index >= 15 is 0 Å². The van der Waals surface area contributed by atoms with Crippen molar-refractivity contribution in [3.63, 3.8) is 0 Å². The molecule has 0 spiro atoms. The molecule has 1 aromatic heterocycles. The number of anilines is 2. The molecule has 0 amide bonds. The highest BCUT2D eigenvalue weighted by molar-refractivity contribution is 7.07. The van der Waals surface area contributed by atoms with Gasteiger partial charge in [0.1, 0.15) is 5.82 Å². The van der Waals surface area contributed by atoms with Crippen LogP contribution in [0.3, 0.4) is 0 Å². The number of halogens is 1. The van der Waals surface area contributed by atoms with Crippen LogP contribution in [-0.4, -0.2) is 13.1 Å². The van der Waals surface area contributed by atoms with Gasteiger partial charge in [0.25, 0.3) is 0 Å². The second kappa shape index (κ2) is 6.27. The van der Waals surface area contributed by atoms with E-state index in [2.05, 4.69) is 29.1 Å². The molecule has 1 unspecified atom stereocenters. The van der Waals surface area contributed by atoms with Gasteiger partial charge in [0, 0.05) is 24.8 Å². The topological polar surface area (TPSA) is 15.3 Å². The third-order valence-electron chi connectivity index (χ3n) is 3.53. The van der Waals surface area contributed by atoms with Gasteiger partial charge in [-0.15, -0.1) is 0 Å². The first kappa shape index (κ1) is 14.9. The van der Waals surface area contributed by atoms with Gasteiger partial charge < -0.3 is 10.2 Å². The number of hydrogen-bond donors (Lipinski definition) is 1. The van der Waals surface area contributed by atoms with Crippen molar-refractivity contribution >= 4 is 22.7 Å². The molecule has 1 heterocycles. The summed E-state index contributed by atoms with van der Waals surface area (Å²) in [5.41, 5.74) is 2.66. The molecule has 1 aromatic carbocycles. The molecule has 0 saturated carbocycles. The molecular weight excluding hydrogens is 271 g/mol. The molecule has 2 nitrogen and oxygen atoms in total. The van der Waals surface area contributed by atoms with Crippen LogP contribution < -0.4 is 10.2 Å². The fourth-order valence-corrected chi connectivity index (χ4v) is 2.77. The maximum atomic E-state index is 14.2. The summed E-state index contributed by atoms with van der Waals surface area (Å²) in [6.45, 7) is 6.17. The minimum atomic E-state index is -0.191. The van der Waals surface area contributed by atoms with E-state index in [-0.39, 0.29) is 17.9 Å². The van der Waals surface area contributed by atoms with E-state index < -0.39 is 0 Å². The first-order valence-electron chi connectivity index (χ1n) is 6.80. The van der Waals surface area contributed by atoms with E-state index in [9.17, 15) is 4.39 Å². The molecule has 1 atom stereocenters. The Bertz CT molecular complexity index is 552. The highest BCUT2D eigenvalue weighted by atomic mass is 32.1. The Morgan fingerprint density at radius 1 is 1.20 bits per heavy atom. The zero-order valence-corrected chi connectivity index (χ0v) is 13.2. The smallest absolute Gasteiger partial charge is 0.148 e. The van der Waals surface area contributed by atoms with Gasteiger partial charge in [-0.2, -0.15) is 11.3 Å². The number of benzene rings is 1. The van der Waals surface area contributed by atoms with Crippen molar-refractivity contribution in [1.82, 2.24) is 0 Å². The summed E-state index contributed by atoms with van der Waals surface area (Å²) in [5.74, 6) is -0.191. The maximum absolute atomic E-state index is 14.2. The first-order chi connectivity index (χ1) is 9.49. The molecule has 0 bridgehead atoms. The molecule has 0 aliphatic rings. The summed E-state index contributed by atoms with van der Waals surface area (Å²) in [7, 11) is 1.91. The molecule has 2 aromatic rings. The highest BCUT2D eigenvalue weighted by Gasteiger charge is 2.12. The summed E-state index contributed by atoms with van der Waals surface area (Å²) >= 11 is 1.67. The van der Waals surface area contributed by atoms with Crippen LogP contribution in [0.4, 0.5) is 15.8 Å². The Kier molecular flexibility index (Phi) is 4.65. The molecule has 0 fully saturated rings. The molecule has 0 radical (unpaired) electrons. The lowest BCUT2D eigenvalue weighted by molar-refractivity contribution is 0.614. The quantitative estimate of drug-likeness (QED) is 0.842. The normalized spacial score (nSPS) is 12.5. The SMILES string of the molecule is CC(Nc1ccc(N(C)C(C)C)c(F)c1)c1ccsc1. The number of nitrogens with zero attached hydrogens (tertiary/aromatic N) is 1. The lowest BCUT2D eigenvalue weighted by Crippen LogP contribution is -2.26. The predicted octanol–water partition coefficient (Wildman–Crippen LogP) is 4.90. The first-order valence-corrected chi connectivity index (χ1v) is 7.74. The number of hydrogen-bond acceptors (Lipinski definition) is 3. The van der Waals surface area contributed by atoms with Crippen molar-refractivity contribution in [2.24, 2.45) is 0 Å². The fourth-order valence-electron chi connectivity index (χ4n) is 2.02. The second-order valence-electron chi connectivity index (χ2n) is 5.29. The molecule has 4 heteroatoms. The van der Waals surface area contributed by atoms with Crippen molar-refractivity contribution in [2.75, 3.05) is 17.3 Å². The van der Waals surface area contributed by atoms with Crippen LogP contribution in [0.25, 0.3) is 0 Å². The minimum Gasteiger partial charge on any atom is -0.378 e. The Labute approximate surface area is 124 Å². The predicted molar refractivity (Wildman–Crippen MR) is 86.3 cm³/mol. The van der Waals surface area contributed by atoms with E-state index in [1.54, 1.807) is 17.4 Å². The lowest BCUT2D eigenvalue weighted by atomic mass is 10.1. The van der Waals surface area contributed by atoms with E-state index in [4.69, 9.17) is 0 Å². The molecule has 2 rings (SSSR count). The van der Waals surface area contributed by atoms with Crippen LogP contribution in [0.5, 0.6) is 0 Å². The zero-order chi connectivity index (χ0) is 14.7. The van der Waals surface area contributed by atoms with Gasteiger partial charge in [-0.3, -0.25) is 0 Å². The standard InChI is InChI=1S/C16H21FN2S/c1-11(2)19(4)16-6-5-14(9-15(16)17)18-12(3)13-7-8-20-10-13/h5-12,18H,1-4H3. The molecule has 0 aliphatic heterocycles. The molecule has 0 aliphatic carbocycles. The van der Waals surface area contributed by atoms with E-state index in [0.717, 1.165) is 5.69 Å². The number of thiophene rings is 1. The molecule has 0 saturated heterocycles. The van der Waals surface area contributed by atoms with Crippen LogP contribution in [-0.2, 0) is 0 Å². The van der Waals surface area contributed by atoms with E-state index in [1.165, 1.54) is 5.56 Å². The van der Waals surface area contributed by atoms with Crippen LogP contribution in [0.15, 0.2) is 35.0 Å². The van der Waals surface area contributed by atoms with Gasteiger partial charge in [0.05, 0.1) is 5.69 Å². The zero-order valence-electron chi connectivity index (χ0n) is 12.4. The van der Waals surface area contributed by atoms with Crippen molar-refractivity contribution in [2.45, 2.75) is 32.9 Å². The van der Waals surface area contributed by atoms with Gasteiger partial charge in [0.15, 0.2) is 0 Å². The highest BCUT2D eigenvalue weighted by Crippen LogP contribution is 2.26. The summed E-state index contributed by atoms with van der Waals surface area (Å²) in [6, 6.07) is 7.86. The van der Waals surface area contributed by atoms with Gasteiger partial charge >= 0.3 is 0 Å². The minimum absolute atomic E-state index is 0.175. The average Bonchev–Trinajstić information content (AvgIpc) is 2.92. The Morgan fingerprint density at radius 2 is 1.95 bits per heavy atom. The van der Waals surface area contributed by atoms with E-state index in [1.807, 2.05) is 37.9 Å². The Balaban J connectivity index is 2.13. The van der Waals surface area contributed by atoms with Gasteiger partial charge in [-0.05, 0) is 61.4 Å². The summed E-state index contributed by atoms with van der Waals surface area (Å²) < 4.78 is 14.2. The van der Waals surface area contributed by atoms with Gasteiger partial charge in [0.2, 0.25) is 0 Å². The average molecular weight is 292 g/mol. The lowest BCUT2D eigenvalue weighted by Gasteiger charge is -2.25. The van der Waals surface area contributed by atoms with Crippen molar-refractivity contribution in [1.29, 1.82) is 0 Å². The fraction of sp³-hybridized carbons (Fsp3) is 0.375. The van der Waals surface area contributed by atoms with Crippen molar-refractivity contribution in [3.8, 4) is 0 Å².